The molecule has 0 aromatic heterocycles. The van der Waals surface area contributed by atoms with Crippen LogP contribution >= 0.6 is 0 Å². The third-order valence-electron chi connectivity index (χ3n) is 2.33. The fourth-order valence-corrected chi connectivity index (χ4v) is 1.39. The summed E-state index contributed by atoms with van der Waals surface area (Å²) in [5.74, 6) is -0.952. The molecular weight excluding hydrogens is 172 g/mol. The minimum atomic E-state index is -0.952. The smallest absolute Gasteiger partial charge is 0.326 e. The zero-order valence-electron chi connectivity index (χ0n) is 7.86. The first-order valence-electron chi connectivity index (χ1n) is 4.36. The molecule has 1 rings (SSSR count). The molecule has 0 radical (unpaired) electrons. The number of rotatable bonds is 3. The topological polar surface area (TPSA) is 60.9 Å². The van der Waals surface area contributed by atoms with Crippen molar-refractivity contribution in [1.29, 1.82) is 0 Å². The van der Waals surface area contributed by atoms with Crippen LogP contribution in [0.2, 0.25) is 0 Å². The number of carbonyl (C=O) groups excluding carboxylic acids is 1. The van der Waals surface area contributed by atoms with Crippen molar-refractivity contribution >= 4 is 12.0 Å². The van der Waals surface area contributed by atoms with E-state index in [2.05, 4.69) is 0 Å². The maximum Gasteiger partial charge on any atom is 0.326 e. The van der Waals surface area contributed by atoms with Crippen LogP contribution in [0.1, 0.15) is 13.8 Å². The molecule has 0 unspecified atom stereocenters. The zero-order chi connectivity index (χ0) is 10.0. The number of likely N-dealkylation sites (N-methyl/N-ethyl adjacent to an activating group) is 1. The first kappa shape index (κ1) is 9.83. The molecule has 1 fully saturated rings. The van der Waals surface area contributed by atoms with Gasteiger partial charge in [-0.25, -0.2) is 9.59 Å². The van der Waals surface area contributed by atoms with Gasteiger partial charge in [-0.15, -0.1) is 0 Å². The van der Waals surface area contributed by atoms with Crippen LogP contribution in [0, 0.1) is 0 Å². The summed E-state index contributed by atoms with van der Waals surface area (Å²) in [5, 5.41) is 8.71. The summed E-state index contributed by atoms with van der Waals surface area (Å²) in [5.41, 5.74) is 0. The fourth-order valence-electron chi connectivity index (χ4n) is 1.39. The molecule has 2 amide bonds. The summed E-state index contributed by atoms with van der Waals surface area (Å²) in [6, 6.07) is -0.888. The number of amides is 2. The molecular formula is C8H14N2O3. The molecule has 5 heteroatoms. The molecule has 1 aliphatic rings. The quantitative estimate of drug-likeness (QED) is 0.685. The molecule has 74 valence electrons. The van der Waals surface area contributed by atoms with E-state index in [0.29, 0.717) is 19.6 Å². The molecule has 0 aliphatic carbocycles. The van der Waals surface area contributed by atoms with Gasteiger partial charge in [0.25, 0.3) is 0 Å². The van der Waals surface area contributed by atoms with E-state index >= 15 is 0 Å². The Labute approximate surface area is 76.9 Å². The van der Waals surface area contributed by atoms with Crippen LogP contribution in [0.4, 0.5) is 4.79 Å². The van der Waals surface area contributed by atoms with Crippen molar-refractivity contribution in [3.8, 4) is 0 Å². The number of urea groups is 1. The molecule has 5 nitrogen and oxygen atoms in total. The van der Waals surface area contributed by atoms with E-state index in [1.807, 2.05) is 6.92 Å². The van der Waals surface area contributed by atoms with Crippen LogP contribution in [0.5, 0.6) is 0 Å². The second-order valence-corrected chi connectivity index (χ2v) is 3.07. The maximum absolute atomic E-state index is 11.5. The first-order valence-corrected chi connectivity index (χ1v) is 4.36. The van der Waals surface area contributed by atoms with Gasteiger partial charge in [-0.05, 0) is 13.8 Å². The van der Waals surface area contributed by atoms with Crippen LogP contribution in [-0.2, 0) is 4.79 Å². The Morgan fingerprint density at radius 1 is 1.62 bits per heavy atom. The summed E-state index contributed by atoms with van der Waals surface area (Å²) >= 11 is 0. The molecule has 0 spiro atoms. The molecule has 0 saturated carbocycles. The average molecular weight is 186 g/mol. The minimum Gasteiger partial charge on any atom is -0.480 e. The van der Waals surface area contributed by atoms with Crippen LogP contribution < -0.4 is 0 Å². The van der Waals surface area contributed by atoms with Crippen molar-refractivity contribution in [2.24, 2.45) is 0 Å². The number of aliphatic carboxylic acids is 1. The maximum atomic E-state index is 11.5. The van der Waals surface area contributed by atoms with Gasteiger partial charge in [-0.1, -0.05) is 0 Å². The average Bonchev–Trinajstić information content (AvgIpc) is 2.45. The van der Waals surface area contributed by atoms with Gasteiger partial charge in [0, 0.05) is 19.6 Å². The molecule has 13 heavy (non-hydrogen) atoms. The van der Waals surface area contributed by atoms with E-state index < -0.39 is 12.0 Å². The predicted octanol–water partition coefficient (Wildman–Crippen LogP) is 0.217. The van der Waals surface area contributed by atoms with Crippen LogP contribution in [0.15, 0.2) is 0 Å². The number of carbonyl (C=O) groups is 2. The number of carboxylic acid groups (broad SMARTS) is 1. The van der Waals surface area contributed by atoms with E-state index in [-0.39, 0.29) is 6.03 Å². The Kier molecular flexibility index (Phi) is 2.75. The Hall–Kier alpha value is -1.26. The highest BCUT2D eigenvalue weighted by atomic mass is 16.4. The highest BCUT2D eigenvalue weighted by molar-refractivity contribution is 5.83. The molecule has 1 N–H and O–H groups in total. The second-order valence-electron chi connectivity index (χ2n) is 3.07. The Morgan fingerprint density at radius 2 is 2.23 bits per heavy atom. The lowest BCUT2D eigenvalue weighted by Gasteiger charge is -2.20. The highest BCUT2D eigenvalue weighted by Gasteiger charge is 2.33. The fraction of sp³-hybridized carbons (Fsp3) is 0.750. The van der Waals surface area contributed by atoms with Gasteiger partial charge in [0.1, 0.15) is 6.04 Å². The van der Waals surface area contributed by atoms with Gasteiger partial charge >= 0.3 is 12.0 Å². The summed E-state index contributed by atoms with van der Waals surface area (Å²) < 4.78 is 0. The van der Waals surface area contributed by atoms with Crippen molar-refractivity contribution in [3.05, 3.63) is 0 Å². The normalized spacial score (nSPS) is 19.4. The lowest BCUT2D eigenvalue weighted by Crippen LogP contribution is -2.41. The van der Waals surface area contributed by atoms with E-state index in [1.54, 1.807) is 4.90 Å². The third kappa shape index (κ3) is 1.74. The lowest BCUT2D eigenvalue weighted by atomic mass is 10.3. The molecule has 1 heterocycles. The van der Waals surface area contributed by atoms with Gasteiger partial charge in [0.05, 0.1) is 0 Å². The van der Waals surface area contributed by atoms with Crippen molar-refractivity contribution in [2.75, 3.05) is 19.6 Å². The van der Waals surface area contributed by atoms with Crippen LogP contribution in [-0.4, -0.2) is 52.6 Å². The highest BCUT2D eigenvalue weighted by Crippen LogP contribution is 2.11. The summed E-state index contributed by atoms with van der Waals surface area (Å²) in [6.45, 7) is 5.20. The Bertz CT molecular complexity index is 229. The van der Waals surface area contributed by atoms with Crippen molar-refractivity contribution < 1.29 is 14.7 Å². The van der Waals surface area contributed by atoms with Crippen LogP contribution in [0.3, 0.4) is 0 Å². The first-order chi connectivity index (χ1) is 6.07. The van der Waals surface area contributed by atoms with Crippen LogP contribution in [0.25, 0.3) is 0 Å². The monoisotopic (exact) mass is 186 g/mol. The second kappa shape index (κ2) is 3.64. The lowest BCUT2D eigenvalue weighted by molar-refractivity contribution is -0.141. The van der Waals surface area contributed by atoms with E-state index in [9.17, 15) is 9.59 Å². The van der Waals surface area contributed by atoms with Crippen molar-refractivity contribution in [1.82, 2.24) is 9.80 Å². The summed E-state index contributed by atoms with van der Waals surface area (Å²) in [4.78, 5) is 25.1. The molecule has 1 atom stereocenters. The van der Waals surface area contributed by atoms with E-state index in [0.717, 1.165) is 0 Å². The standard InChI is InChI=1S/C8H14N2O3/c1-3-9-4-5-10(8(9)13)6(2)7(11)12/h6H,3-5H2,1-2H3,(H,11,12)/t6-/m0/s1. The SMILES string of the molecule is CCN1CCN([C@@H](C)C(=O)O)C1=O. The molecule has 0 aromatic rings. The van der Waals surface area contributed by atoms with Gasteiger partial charge < -0.3 is 14.9 Å². The largest absolute Gasteiger partial charge is 0.480 e. The van der Waals surface area contributed by atoms with Gasteiger partial charge in [-0.2, -0.15) is 0 Å². The number of nitrogens with zero attached hydrogens (tertiary/aromatic N) is 2. The Morgan fingerprint density at radius 3 is 2.62 bits per heavy atom. The minimum absolute atomic E-state index is 0.169. The zero-order valence-corrected chi connectivity index (χ0v) is 7.86. The number of hydrogen-bond donors (Lipinski definition) is 1. The van der Waals surface area contributed by atoms with E-state index in [1.165, 1.54) is 11.8 Å². The molecule has 1 aliphatic heterocycles. The number of hydrogen-bond acceptors (Lipinski definition) is 2. The third-order valence-corrected chi connectivity index (χ3v) is 2.33. The number of carboxylic acids is 1. The van der Waals surface area contributed by atoms with E-state index in [4.69, 9.17) is 5.11 Å². The molecule has 1 saturated heterocycles. The summed E-state index contributed by atoms with van der Waals surface area (Å²) in [6.07, 6.45) is 0. The van der Waals surface area contributed by atoms with Gasteiger partial charge in [0.15, 0.2) is 0 Å². The van der Waals surface area contributed by atoms with Gasteiger partial charge in [0.2, 0.25) is 0 Å². The van der Waals surface area contributed by atoms with Crippen molar-refractivity contribution in [3.63, 3.8) is 0 Å². The van der Waals surface area contributed by atoms with Gasteiger partial charge in [-0.3, -0.25) is 0 Å². The Balaban J connectivity index is 2.64. The predicted molar refractivity (Wildman–Crippen MR) is 46.4 cm³/mol. The van der Waals surface area contributed by atoms with Crippen molar-refractivity contribution in [2.45, 2.75) is 19.9 Å². The summed E-state index contributed by atoms with van der Waals surface area (Å²) in [7, 11) is 0. The molecule has 0 aromatic carbocycles. The molecule has 0 bridgehead atoms.